The Morgan fingerprint density at radius 2 is 1.60 bits per heavy atom. The Balaban J connectivity index is 1.34. The zero-order valence-corrected chi connectivity index (χ0v) is 19.0. The van der Waals surface area contributed by atoms with Gasteiger partial charge in [0.2, 0.25) is 0 Å². The SMILES string of the molecule is CCCCCC1CCC(c2ccc(-c3ccc(CC4CC(C)C4)cc3)c(F)c2)CC1. The molecule has 0 unspecified atom stereocenters. The van der Waals surface area contributed by atoms with Gasteiger partial charge in [-0.1, -0.05) is 75.9 Å². The molecule has 4 rings (SSSR count). The van der Waals surface area contributed by atoms with Crippen molar-refractivity contribution < 1.29 is 4.39 Å². The molecule has 2 aromatic carbocycles. The van der Waals surface area contributed by atoms with Crippen LogP contribution >= 0.6 is 0 Å². The van der Waals surface area contributed by atoms with Crippen LogP contribution in [0.25, 0.3) is 11.1 Å². The number of hydrogen-bond acceptors (Lipinski definition) is 0. The van der Waals surface area contributed by atoms with Gasteiger partial charge < -0.3 is 0 Å². The normalized spacial score (nSPS) is 26.4. The molecular weight excluding hydrogens is 367 g/mol. The fourth-order valence-corrected chi connectivity index (χ4v) is 5.88. The lowest BCUT2D eigenvalue weighted by atomic mass is 9.73. The minimum atomic E-state index is -0.0573. The number of rotatable bonds is 8. The van der Waals surface area contributed by atoms with Gasteiger partial charge >= 0.3 is 0 Å². The van der Waals surface area contributed by atoms with Gasteiger partial charge in [0.15, 0.2) is 0 Å². The van der Waals surface area contributed by atoms with E-state index in [0.717, 1.165) is 28.9 Å². The molecule has 0 spiro atoms. The van der Waals surface area contributed by atoms with Crippen molar-refractivity contribution in [3.05, 3.63) is 59.4 Å². The van der Waals surface area contributed by atoms with Gasteiger partial charge in [-0.3, -0.25) is 0 Å². The smallest absolute Gasteiger partial charge is 0.131 e. The van der Waals surface area contributed by atoms with Crippen LogP contribution in [0.2, 0.25) is 0 Å². The average molecular weight is 407 g/mol. The van der Waals surface area contributed by atoms with Gasteiger partial charge in [-0.15, -0.1) is 0 Å². The molecule has 0 aliphatic heterocycles. The van der Waals surface area contributed by atoms with E-state index < -0.39 is 0 Å². The maximum absolute atomic E-state index is 15.0. The fraction of sp³-hybridized carbons (Fsp3) is 0.586. The van der Waals surface area contributed by atoms with Gasteiger partial charge in [-0.2, -0.15) is 0 Å². The first-order valence-corrected chi connectivity index (χ1v) is 12.5. The molecule has 0 bridgehead atoms. The molecule has 162 valence electrons. The lowest BCUT2D eigenvalue weighted by Crippen LogP contribution is -2.22. The van der Waals surface area contributed by atoms with Gasteiger partial charge in [0.1, 0.15) is 5.82 Å². The average Bonchev–Trinajstić information content (AvgIpc) is 2.74. The Hall–Kier alpha value is -1.63. The standard InChI is InChI=1S/C29H39F/c1-3-4-5-6-22-7-11-25(12-8-22)27-15-16-28(29(30)20-27)26-13-9-23(10-14-26)19-24-17-21(2)18-24/h9-10,13-16,20-22,24-25H,3-8,11-12,17-19H2,1-2H3. The Kier molecular flexibility index (Phi) is 7.28. The molecule has 0 aromatic heterocycles. The fourth-order valence-electron chi connectivity index (χ4n) is 5.88. The van der Waals surface area contributed by atoms with Crippen LogP contribution in [0.15, 0.2) is 42.5 Å². The highest BCUT2D eigenvalue weighted by atomic mass is 19.1. The van der Waals surface area contributed by atoms with Crippen molar-refractivity contribution in [3.63, 3.8) is 0 Å². The number of hydrogen-bond donors (Lipinski definition) is 0. The van der Waals surface area contributed by atoms with E-state index in [1.807, 2.05) is 12.1 Å². The molecule has 0 nitrogen and oxygen atoms in total. The van der Waals surface area contributed by atoms with Crippen molar-refractivity contribution in [2.75, 3.05) is 0 Å². The molecule has 2 saturated carbocycles. The van der Waals surface area contributed by atoms with Gasteiger partial charge in [0.05, 0.1) is 0 Å². The van der Waals surface area contributed by atoms with E-state index in [1.54, 1.807) is 0 Å². The summed E-state index contributed by atoms with van der Waals surface area (Å²) in [7, 11) is 0. The zero-order valence-electron chi connectivity index (χ0n) is 19.0. The van der Waals surface area contributed by atoms with Crippen LogP contribution in [0, 0.1) is 23.6 Å². The quantitative estimate of drug-likeness (QED) is 0.384. The van der Waals surface area contributed by atoms with E-state index in [0.29, 0.717) is 5.92 Å². The van der Waals surface area contributed by atoms with Crippen LogP contribution in [0.5, 0.6) is 0 Å². The predicted octanol–water partition coefficient (Wildman–Crippen LogP) is 8.94. The monoisotopic (exact) mass is 406 g/mol. The van der Waals surface area contributed by atoms with Crippen LogP contribution in [0.1, 0.15) is 95.1 Å². The third kappa shape index (κ3) is 5.34. The van der Waals surface area contributed by atoms with Crippen molar-refractivity contribution >= 4 is 0 Å². The highest BCUT2D eigenvalue weighted by Gasteiger charge is 2.25. The predicted molar refractivity (Wildman–Crippen MR) is 126 cm³/mol. The summed E-state index contributed by atoms with van der Waals surface area (Å²) in [6.45, 7) is 4.62. The summed E-state index contributed by atoms with van der Waals surface area (Å²) in [4.78, 5) is 0. The van der Waals surface area contributed by atoms with Crippen LogP contribution in [-0.2, 0) is 6.42 Å². The molecule has 2 aromatic rings. The van der Waals surface area contributed by atoms with E-state index in [4.69, 9.17) is 0 Å². The Labute approximate surface area is 183 Å². The molecular formula is C29H39F. The second-order valence-corrected chi connectivity index (χ2v) is 10.3. The van der Waals surface area contributed by atoms with Gasteiger partial charge in [0, 0.05) is 5.56 Å². The van der Waals surface area contributed by atoms with Crippen molar-refractivity contribution in [2.45, 2.75) is 90.4 Å². The molecule has 0 saturated heterocycles. The first-order chi connectivity index (χ1) is 14.6. The molecule has 0 N–H and O–H groups in total. The molecule has 30 heavy (non-hydrogen) atoms. The summed E-state index contributed by atoms with van der Waals surface area (Å²) in [5, 5.41) is 0. The summed E-state index contributed by atoms with van der Waals surface area (Å²) < 4.78 is 15.0. The second-order valence-electron chi connectivity index (χ2n) is 10.3. The van der Waals surface area contributed by atoms with Gasteiger partial charge in [0.25, 0.3) is 0 Å². The first kappa shape index (κ1) is 21.6. The zero-order chi connectivity index (χ0) is 20.9. The van der Waals surface area contributed by atoms with Crippen molar-refractivity contribution in [1.29, 1.82) is 0 Å². The minimum Gasteiger partial charge on any atom is -0.206 e. The number of unbranched alkanes of at least 4 members (excludes halogenated alkanes) is 2. The highest BCUT2D eigenvalue weighted by Crippen LogP contribution is 2.39. The minimum absolute atomic E-state index is 0.0573. The summed E-state index contributed by atoms with van der Waals surface area (Å²) in [5.41, 5.74) is 4.35. The first-order valence-electron chi connectivity index (χ1n) is 12.5. The molecule has 0 amide bonds. The Morgan fingerprint density at radius 3 is 2.23 bits per heavy atom. The van der Waals surface area contributed by atoms with E-state index in [2.05, 4.69) is 44.2 Å². The largest absolute Gasteiger partial charge is 0.206 e. The maximum atomic E-state index is 15.0. The van der Waals surface area contributed by atoms with Crippen molar-refractivity contribution in [2.24, 2.45) is 17.8 Å². The molecule has 0 heterocycles. The molecule has 0 radical (unpaired) electrons. The van der Waals surface area contributed by atoms with E-state index in [-0.39, 0.29) is 5.82 Å². The summed E-state index contributed by atoms with van der Waals surface area (Å²) in [5.74, 6) is 3.14. The third-order valence-electron chi connectivity index (χ3n) is 7.79. The Morgan fingerprint density at radius 1 is 0.867 bits per heavy atom. The lowest BCUT2D eigenvalue weighted by Gasteiger charge is -2.32. The Bertz CT molecular complexity index is 792. The summed E-state index contributed by atoms with van der Waals surface area (Å²) in [6, 6.07) is 14.6. The lowest BCUT2D eigenvalue weighted by molar-refractivity contribution is 0.211. The van der Waals surface area contributed by atoms with Crippen molar-refractivity contribution in [1.82, 2.24) is 0 Å². The van der Waals surface area contributed by atoms with Crippen molar-refractivity contribution in [3.8, 4) is 11.1 Å². The van der Waals surface area contributed by atoms with E-state index >= 15 is 0 Å². The summed E-state index contributed by atoms with van der Waals surface area (Å²) >= 11 is 0. The molecule has 2 fully saturated rings. The van der Waals surface area contributed by atoms with Crippen LogP contribution < -0.4 is 0 Å². The van der Waals surface area contributed by atoms with Crippen LogP contribution in [0.4, 0.5) is 4.39 Å². The van der Waals surface area contributed by atoms with E-state index in [9.17, 15) is 4.39 Å². The molecule has 2 aliphatic carbocycles. The molecule has 0 atom stereocenters. The highest BCUT2D eigenvalue weighted by molar-refractivity contribution is 5.65. The summed E-state index contributed by atoms with van der Waals surface area (Å²) in [6.07, 6.45) is 14.4. The van der Waals surface area contributed by atoms with Crippen LogP contribution in [0.3, 0.4) is 0 Å². The van der Waals surface area contributed by atoms with E-state index in [1.165, 1.54) is 81.8 Å². The maximum Gasteiger partial charge on any atom is 0.131 e. The number of benzene rings is 2. The topological polar surface area (TPSA) is 0 Å². The van der Waals surface area contributed by atoms with Gasteiger partial charge in [-0.05, 0) is 91.4 Å². The van der Waals surface area contributed by atoms with Gasteiger partial charge in [-0.25, -0.2) is 4.39 Å². The molecule has 1 heteroatoms. The van der Waals surface area contributed by atoms with Crippen LogP contribution in [-0.4, -0.2) is 0 Å². The third-order valence-corrected chi connectivity index (χ3v) is 7.79. The number of halogens is 1. The second kappa shape index (κ2) is 10.1. The molecule has 2 aliphatic rings.